The van der Waals surface area contributed by atoms with Gasteiger partial charge in [-0.15, -0.1) is 24.0 Å². The second-order valence-electron chi connectivity index (χ2n) is 7.07. The normalized spacial score (nSPS) is 18.5. The summed E-state index contributed by atoms with van der Waals surface area (Å²) in [6, 6.07) is 4.00. The van der Waals surface area contributed by atoms with Gasteiger partial charge >= 0.3 is 0 Å². The Bertz CT molecular complexity index is 590. The maximum Gasteiger partial charge on any atom is 0.218 e. The number of aliphatic imine (C=N–C) groups is 1. The average molecular weight is 503 g/mol. The molecule has 1 saturated heterocycles. The van der Waals surface area contributed by atoms with Crippen LogP contribution in [0.3, 0.4) is 0 Å². The summed E-state index contributed by atoms with van der Waals surface area (Å²) in [7, 11) is 0. The number of hydrogen-bond acceptors (Lipinski definition) is 5. The number of halogens is 1. The summed E-state index contributed by atoms with van der Waals surface area (Å²) in [6.45, 7) is 9.02. The lowest BCUT2D eigenvalue weighted by atomic mass is 10.2. The Balaban J connectivity index is 0.00000280. The number of pyridine rings is 1. The number of hydrogen-bond donors (Lipinski definition) is 2. The third kappa shape index (κ3) is 7.71. The minimum absolute atomic E-state index is 0. The monoisotopic (exact) mass is 503 g/mol. The molecule has 1 saturated carbocycles. The summed E-state index contributed by atoms with van der Waals surface area (Å²) in [6.07, 6.45) is 6.87. The number of nitrogens with zero attached hydrogens (tertiary/aromatic N) is 3. The van der Waals surface area contributed by atoms with Crippen molar-refractivity contribution in [3.63, 3.8) is 0 Å². The van der Waals surface area contributed by atoms with Crippen LogP contribution < -0.4 is 15.4 Å². The highest BCUT2D eigenvalue weighted by Gasteiger charge is 2.18. The van der Waals surface area contributed by atoms with Crippen LogP contribution in [0, 0.1) is 0 Å². The Labute approximate surface area is 185 Å². The molecule has 0 radical (unpaired) electrons. The zero-order valence-corrected chi connectivity index (χ0v) is 19.2. The van der Waals surface area contributed by atoms with Gasteiger partial charge in [-0.3, -0.25) is 4.90 Å². The van der Waals surface area contributed by atoms with E-state index in [1.54, 1.807) is 6.20 Å². The van der Waals surface area contributed by atoms with E-state index in [4.69, 9.17) is 14.5 Å². The van der Waals surface area contributed by atoms with Crippen LogP contribution in [0.15, 0.2) is 23.3 Å². The molecule has 0 amide bonds. The molecule has 2 heterocycles. The van der Waals surface area contributed by atoms with Crippen LogP contribution in [0.4, 0.5) is 0 Å². The largest absolute Gasteiger partial charge is 0.474 e. The summed E-state index contributed by atoms with van der Waals surface area (Å²) in [5.74, 6) is 1.57. The van der Waals surface area contributed by atoms with Gasteiger partial charge in [-0.2, -0.15) is 0 Å². The summed E-state index contributed by atoms with van der Waals surface area (Å²) in [4.78, 5) is 11.6. The van der Waals surface area contributed by atoms with Gasteiger partial charge in [-0.25, -0.2) is 9.98 Å². The van der Waals surface area contributed by atoms with Crippen molar-refractivity contribution >= 4 is 29.9 Å². The van der Waals surface area contributed by atoms with E-state index in [2.05, 4.69) is 33.5 Å². The van der Waals surface area contributed by atoms with Crippen LogP contribution in [0.1, 0.15) is 38.2 Å². The van der Waals surface area contributed by atoms with E-state index in [0.717, 1.165) is 76.2 Å². The molecule has 2 fully saturated rings. The molecule has 158 valence electrons. The third-order valence-electron chi connectivity index (χ3n) is 5.01. The minimum atomic E-state index is 0. The van der Waals surface area contributed by atoms with Crippen LogP contribution in [-0.4, -0.2) is 67.9 Å². The van der Waals surface area contributed by atoms with Crippen molar-refractivity contribution in [3.8, 4) is 5.88 Å². The van der Waals surface area contributed by atoms with Gasteiger partial charge in [0.15, 0.2) is 5.96 Å². The van der Waals surface area contributed by atoms with E-state index >= 15 is 0 Å². The zero-order valence-electron chi connectivity index (χ0n) is 16.9. The number of ether oxygens (including phenoxy) is 2. The molecule has 0 unspecified atom stereocenters. The number of rotatable bonds is 8. The highest BCUT2D eigenvalue weighted by atomic mass is 127. The van der Waals surface area contributed by atoms with Crippen molar-refractivity contribution in [1.82, 2.24) is 20.5 Å². The van der Waals surface area contributed by atoms with E-state index in [-0.39, 0.29) is 24.0 Å². The van der Waals surface area contributed by atoms with Crippen molar-refractivity contribution in [1.29, 1.82) is 0 Å². The molecule has 0 spiro atoms. The summed E-state index contributed by atoms with van der Waals surface area (Å²) >= 11 is 0. The molecule has 3 rings (SSSR count). The summed E-state index contributed by atoms with van der Waals surface area (Å²) in [5.41, 5.74) is 1.04. The Hall–Kier alpha value is -1.13. The SMILES string of the molecule is CCNC(=NCc1cccnc1OC1CCCC1)NCCN1CCOCC1.I. The predicted molar refractivity (Wildman–Crippen MR) is 123 cm³/mol. The molecule has 1 aromatic heterocycles. The number of morpholine rings is 1. The zero-order chi connectivity index (χ0) is 18.7. The molecular formula is C20H34IN5O2. The van der Waals surface area contributed by atoms with Crippen LogP contribution in [0.25, 0.3) is 0 Å². The molecular weight excluding hydrogens is 469 g/mol. The standard InChI is InChI=1S/C20H33N5O2.HI/c1-2-21-20(23-10-11-25-12-14-26-15-13-25)24-16-17-6-5-9-22-19(17)27-18-7-3-4-8-18;/h5-6,9,18H,2-4,7-8,10-16H2,1H3,(H2,21,23,24);1H. The lowest BCUT2D eigenvalue weighted by Gasteiger charge is -2.26. The van der Waals surface area contributed by atoms with Gasteiger partial charge in [0.2, 0.25) is 5.88 Å². The van der Waals surface area contributed by atoms with Gasteiger partial charge in [0, 0.05) is 44.5 Å². The van der Waals surface area contributed by atoms with Crippen LogP contribution >= 0.6 is 24.0 Å². The van der Waals surface area contributed by atoms with Gasteiger partial charge in [0.1, 0.15) is 6.10 Å². The van der Waals surface area contributed by atoms with Crippen molar-refractivity contribution in [2.24, 2.45) is 4.99 Å². The fourth-order valence-corrected chi connectivity index (χ4v) is 3.48. The fourth-order valence-electron chi connectivity index (χ4n) is 3.48. The molecule has 1 aliphatic heterocycles. The molecule has 2 N–H and O–H groups in total. The molecule has 28 heavy (non-hydrogen) atoms. The van der Waals surface area contributed by atoms with Gasteiger partial charge in [0.05, 0.1) is 19.8 Å². The Morgan fingerprint density at radius 2 is 2.07 bits per heavy atom. The van der Waals surface area contributed by atoms with Gasteiger partial charge < -0.3 is 20.1 Å². The Kier molecular flexibility index (Phi) is 10.9. The first-order valence-electron chi connectivity index (χ1n) is 10.3. The van der Waals surface area contributed by atoms with E-state index in [9.17, 15) is 0 Å². The quantitative estimate of drug-likeness (QED) is 0.323. The maximum absolute atomic E-state index is 6.12. The second-order valence-corrected chi connectivity index (χ2v) is 7.07. The maximum atomic E-state index is 6.12. The average Bonchev–Trinajstić information content (AvgIpc) is 3.21. The van der Waals surface area contributed by atoms with Crippen LogP contribution in [-0.2, 0) is 11.3 Å². The lowest BCUT2D eigenvalue weighted by molar-refractivity contribution is 0.0389. The van der Waals surface area contributed by atoms with Crippen molar-refractivity contribution in [2.45, 2.75) is 45.3 Å². The van der Waals surface area contributed by atoms with Crippen molar-refractivity contribution in [3.05, 3.63) is 23.9 Å². The first-order chi connectivity index (χ1) is 13.3. The van der Waals surface area contributed by atoms with E-state index in [1.807, 2.05) is 6.07 Å². The first-order valence-corrected chi connectivity index (χ1v) is 10.3. The van der Waals surface area contributed by atoms with Crippen LogP contribution in [0.5, 0.6) is 5.88 Å². The summed E-state index contributed by atoms with van der Waals surface area (Å²) < 4.78 is 11.5. The minimum Gasteiger partial charge on any atom is -0.474 e. The molecule has 7 nitrogen and oxygen atoms in total. The molecule has 8 heteroatoms. The molecule has 1 aliphatic carbocycles. The number of guanidine groups is 1. The molecule has 0 atom stereocenters. The molecule has 0 aromatic carbocycles. The number of aromatic nitrogens is 1. The van der Waals surface area contributed by atoms with E-state index in [1.165, 1.54) is 12.8 Å². The summed E-state index contributed by atoms with van der Waals surface area (Å²) in [5, 5.41) is 6.74. The van der Waals surface area contributed by atoms with E-state index < -0.39 is 0 Å². The van der Waals surface area contributed by atoms with Gasteiger partial charge in [0.25, 0.3) is 0 Å². The second kappa shape index (κ2) is 13.2. The first kappa shape index (κ1) is 23.2. The van der Waals surface area contributed by atoms with E-state index in [0.29, 0.717) is 12.6 Å². The predicted octanol–water partition coefficient (Wildman–Crippen LogP) is 2.41. The fraction of sp³-hybridized carbons (Fsp3) is 0.700. The van der Waals surface area contributed by atoms with Crippen LogP contribution in [0.2, 0.25) is 0 Å². The topological polar surface area (TPSA) is 71.0 Å². The Morgan fingerprint density at radius 3 is 2.82 bits per heavy atom. The Morgan fingerprint density at radius 1 is 1.29 bits per heavy atom. The van der Waals surface area contributed by atoms with Crippen molar-refractivity contribution < 1.29 is 9.47 Å². The molecule has 0 bridgehead atoms. The highest BCUT2D eigenvalue weighted by molar-refractivity contribution is 14.0. The highest BCUT2D eigenvalue weighted by Crippen LogP contribution is 2.25. The van der Waals surface area contributed by atoms with Gasteiger partial charge in [-0.1, -0.05) is 6.07 Å². The van der Waals surface area contributed by atoms with Gasteiger partial charge in [-0.05, 0) is 38.7 Å². The lowest BCUT2D eigenvalue weighted by Crippen LogP contribution is -2.44. The molecule has 1 aromatic rings. The third-order valence-corrected chi connectivity index (χ3v) is 5.01. The smallest absolute Gasteiger partial charge is 0.218 e. The number of nitrogens with one attached hydrogen (secondary N) is 2. The molecule has 2 aliphatic rings. The van der Waals surface area contributed by atoms with Crippen molar-refractivity contribution in [2.75, 3.05) is 45.9 Å².